The fourth-order valence-electron chi connectivity index (χ4n) is 3.11. The summed E-state index contributed by atoms with van der Waals surface area (Å²) in [5, 5.41) is 15.9. The number of hydrogen-bond donors (Lipinski definition) is 2. The molecule has 2 heterocycles. The van der Waals surface area contributed by atoms with Crippen LogP contribution in [0.5, 0.6) is 0 Å². The van der Waals surface area contributed by atoms with Crippen LogP contribution in [0.4, 0.5) is 5.69 Å². The molecule has 1 fully saturated rings. The molecule has 1 atom stereocenters. The number of amides is 1. The van der Waals surface area contributed by atoms with Crippen molar-refractivity contribution in [2.24, 2.45) is 5.16 Å². The number of carbonyl (C=O) groups is 1. The van der Waals surface area contributed by atoms with Crippen molar-refractivity contribution in [1.82, 2.24) is 4.90 Å². The predicted octanol–water partition coefficient (Wildman–Crippen LogP) is 1.23. The number of likely N-dealkylation sites (tertiary alicyclic amines) is 1. The van der Waals surface area contributed by atoms with Crippen LogP contribution in [-0.4, -0.2) is 53.5 Å². The van der Waals surface area contributed by atoms with Gasteiger partial charge in [-0.3, -0.25) is 9.69 Å². The molecule has 6 nitrogen and oxygen atoms in total. The van der Waals surface area contributed by atoms with E-state index in [1.807, 2.05) is 30.3 Å². The Kier molecular flexibility index (Phi) is 4.40. The number of β-amino-alcohol motifs (C(OH)–C–C–N with tert-alkyl or cyclic N) is 1. The normalized spacial score (nSPS) is 24.9. The monoisotopic (exact) mass is 303 g/mol. The van der Waals surface area contributed by atoms with Crippen LogP contribution in [0.25, 0.3) is 0 Å². The zero-order valence-corrected chi connectivity index (χ0v) is 12.5. The van der Waals surface area contributed by atoms with Crippen LogP contribution >= 0.6 is 0 Å². The maximum Gasteiger partial charge on any atom is 0.273 e. The van der Waals surface area contributed by atoms with Crippen molar-refractivity contribution >= 4 is 17.3 Å². The summed E-state index contributed by atoms with van der Waals surface area (Å²) in [4.78, 5) is 20.1. The quantitative estimate of drug-likeness (QED) is 0.877. The summed E-state index contributed by atoms with van der Waals surface area (Å²) in [6.07, 6.45) is 2.40. The second kappa shape index (κ2) is 6.46. The second-order valence-electron chi connectivity index (χ2n) is 5.91. The molecular formula is C16H21N3O3. The highest BCUT2D eigenvalue weighted by Crippen LogP contribution is 2.33. The number of rotatable bonds is 4. The van der Waals surface area contributed by atoms with Crippen molar-refractivity contribution in [1.29, 1.82) is 0 Å². The summed E-state index contributed by atoms with van der Waals surface area (Å²) < 4.78 is 0. The minimum absolute atomic E-state index is 0.137. The van der Waals surface area contributed by atoms with E-state index in [2.05, 4.69) is 15.4 Å². The van der Waals surface area contributed by atoms with Crippen LogP contribution in [0.3, 0.4) is 0 Å². The predicted molar refractivity (Wildman–Crippen MR) is 83.7 cm³/mol. The third-order valence-electron chi connectivity index (χ3n) is 4.17. The van der Waals surface area contributed by atoms with Crippen LogP contribution in [0.1, 0.15) is 19.3 Å². The molecule has 0 radical (unpaired) electrons. The van der Waals surface area contributed by atoms with Gasteiger partial charge in [-0.15, -0.1) is 0 Å². The van der Waals surface area contributed by atoms with E-state index in [0.29, 0.717) is 25.2 Å². The lowest BCUT2D eigenvalue weighted by Crippen LogP contribution is -2.49. The van der Waals surface area contributed by atoms with E-state index in [1.165, 1.54) is 0 Å². The largest absolute Gasteiger partial charge is 0.395 e. The molecule has 1 aromatic rings. The molecule has 0 bridgehead atoms. The molecule has 1 aromatic carbocycles. The van der Waals surface area contributed by atoms with E-state index in [0.717, 1.165) is 25.1 Å². The molecule has 0 unspecified atom stereocenters. The molecule has 2 aliphatic rings. The number of aliphatic hydroxyl groups is 1. The summed E-state index contributed by atoms with van der Waals surface area (Å²) >= 11 is 0. The molecule has 1 saturated heterocycles. The Morgan fingerprint density at radius 2 is 2.23 bits per heavy atom. The fraction of sp³-hybridized carbons (Fsp3) is 0.500. The molecule has 0 aromatic heterocycles. The van der Waals surface area contributed by atoms with E-state index in [1.54, 1.807) is 0 Å². The minimum atomic E-state index is -0.406. The SMILES string of the molecule is O=C(Nc1ccccc1)C1=NO[C@@]2(CCCN(CCO)C2)C1. The Balaban J connectivity index is 1.60. The van der Waals surface area contributed by atoms with Gasteiger partial charge in [0.1, 0.15) is 5.71 Å². The van der Waals surface area contributed by atoms with Crippen molar-refractivity contribution in [2.75, 3.05) is 31.6 Å². The van der Waals surface area contributed by atoms with Crippen LogP contribution < -0.4 is 5.32 Å². The standard InChI is InChI=1S/C16H21N3O3/c20-10-9-19-8-4-7-16(12-19)11-14(18-22-16)15(21)17-13-5-2-1-3-6-13/h1-3,5-6,20H,4,7-12H2,(H,17,21)/t16-/m0/s1. The maximum absolute atomic E-state index is 12.3. The average molecular weight is 303 g/mol. The third kappa shape index (κ3) is 3.28. The molecule has 0 aliphatic carbocycles. The number of aliphatic hydroxyl groups excluding tert-OH is 1. The van der Waals surface area contributed by atoms with Crippen molar-refractivity contribution in [3.63, 3.8) is 0 Å². The Morgan fingerprint density at radius 1 is 1.41 bits per heavy atom. The topological polar surface area (TPSA) is 74.2 Å². The van der Waals surface area contributed by atoms with Gasteiger partial charge in [-0.1, -0.05) is 23.4 Å². The smallest absolute Gasteiger partial charge is 0.273 e. The lowest BCUT2D eigenvalue weighted by Gasteiger charge is -2.37. The van der Waals surface area contributed by atoms with Gasteiger partial charge in [0.05, 0.1) is 6.61 Å². The molecule has 3 rings (SSSR count). The highest BCUT2D eigenvalue weighted by Gasteiger charge is 2.44. The van der Waals surface area contributed by atoms with Crippen LogP contribution in [0, 0.1) is 0 Å². The highest BCUT2D eigenvalue weighted by molar-refractivity contribution is 6.43. The number of carbonyl (C=O) groups excluding carboxylic acids is 1. The summed E-state index contributed by atoms with van der Waals surface area (Å²) in [5.41, 5.74) is 0.785. The van der Waals surface area contributed by atoms with Gasteiger partial charge < -0.3 is 15.3 Å². The van der Waals surface area contributed by atoms with E-state index < -0.39 is 5.60 Å². The van der Waals surface area contributed by atoms with Crippen LogP contribution in [0.2, 0.25) is 0 Å². The Morgan fingerprint density at radius 3 is 3.00 bits per heavy atom. The summed E-state index contributed by atoms with van der Waals surface area (Å²) in [5.74, 6) is -0.206. The lowest BCUT2D eigenvalue weighted by atomic mass is 9.88. The summed E-state index contributed by atoms with van der Waals surface area (Å²) in [7, 11) is 0. The van der Waals surface area contributed by atoms with E-state index in [-0.39, 0.29) is 12.5 Å². The van der Waals surface area contributed by atoms with Gasteiger partial charge in [-0.25, -0.2) is 0 Å². The first-order valence-corrected chi connectivity index (χ1v) is 7.65. The molecule has 0 saturated carbocycles. The summed E-state index contributed by atoms with van der Waals surface area (Å²) in [6.45, 7) is 2.44. The number of piperidine rings is 1. The van der Waals surface area contributed by atoms with Gasteiger partial charge >= 0.3 is 0 Å². The molecule has 2 aliphatic heterocycles. The van der Waals surface area contributed by atoms with Crippen molar-refractivity contribution < 1.29 is 14.7 Å². The Hall–Kier alpha value is -1.92. The molecule has 22 heavy (non-hydrogen) atoms. The first-order chi connectivity index (χ1) is 10.7. The Labute approximate surface area is 129 Å². The first kappa shape index (κ1) is 15.0. The number of para-hydroxylation sites is 1. The van der Waals surface area contributed by atoms with Crippen LogP contribution in [0.15, 0.2) is 35.5 Å². The maximum atomic E-state index is 12.3. The van der Waals surface area contributed by atoms with Crippen LogP contribution in [-0.2, 0) is 9.63 Å². The van der Waals surface area contributed by atoms with Crippen molar-refractivity contribution in [2.45, 2.75) is 24.9 Å². The van der Waals surface area contributed by atoms with E-state index >= 15 is 0 Å². The number of nitrogens with one attached hydrogen (secondary N) is 1. The minimum Gasteiger partial charge on any atom is -0.395 e. The number of hydrogen-bond acceptors (Lipinski definition) is 5. The van der Waals surface area contributed by atoms with Gasteiger partial charge in [-0.05, 0) is 31.5 Å². The average Bonchev–Trinajstić information content (AvgIpc) is 2.92. The number of benzene rings is 1. The molecule has 2 N–H and O–H groups in total. The zero-order chi connectivity index (χ0) is 15.4. The summed E-state index contributed by atoms with van der Waals surface area (Å²) in [6, 6.07) is 9.33. The van der Waals surface area contributed by atoms with Crippen molar-refractivity contribution in [3.05, 3.63) is 30.3 Å². The molecule has 1 spiro atoms. The molecule has 118 valence electrons. The van der Waals surface area contributed by atoms with E-state index in [4.69, 9.17) is 9.94 Å². The third-order valence-corrected chi connectivity index (χ3v) is 4.17. The van der Waals surface area contributed by atoms with Gasteiger partial charge in [0.15, 0.2) is 5.60 Å². The molecule has 1 amide bonds. The molecular weight excluding hydrogens is 282 g/mol. The number of nitrogens with zero attached hydrogens (tertiary/aromatic N) is 2. The lowest BCUT2D eigenvalue weighted by molar-refractivity contribution is -0.110. The van der Waals surface area contributed by atoms with Gasteiger partial charge in [0.2, 0.25) is 0 Å². The van der Waals surface area contributed by atoms with Gasteiger partial charge in [0, 0.05) is 25.2 Å². The van der Waals surface area contributed by atoms with Gasteiger partial charge in [-0.2, -0.15) is 0 Å². The Bertz CT molecular complexity index is 559. The van der Waals surface area contributed by atoms with Gasteiger partial charge in [0.25, 0.3) is 5.91 Å². The number of anilines is 1. The number of oxime groups is 1. The van der Waals surface area contributed by atoms with Crippen molar-refractivity contribution in [3.8, 4) is 0 Å². The first-order valence-electron chi connectivity index (χ1n) is 7.65. The fourth-order valence-corrected chi connectivity index (χ4v) is 3.11. The zero-order valence-electron chi connectivity index (χ0n) is 12.5. The molecule has 6 heteroatoms. The highest BCUT2D eigenvalue weighted by atomic mass is 16.7. The van der Waals surface area contributed by atoms with E-state index in [9.17, 15) is 4.79 Å². The second-order valence-corrected chi connectivity index (χ2v) is 5.91.